The Labute approximate surface area is 250 Å². The number of anilines is 4. The van der Waals surface area contributed by atoms with Gasteiger partial charge in [-0.05, 0) is 74.5 Å². The summed E-state index contributed by atoms with van der Waals surface area (Å²) < 4.78 is 103. The van der Waals surface area contributed by atoms with Gasteiger partial charge < -0.3 is 18.6 Å². The van der Waals surface area contributed by atoms with Crippen molar-refractivity contribution in [2.45, 2.75) is 20.0 Å². The number of esters is 1. The molecule has 14 heteroatoms. The number of halogens is 3. The van der Waals surface area contributed by atoms with Crippen molar-refractivity contribution in [3.63, 3.8) is 0 Å². The summed E-state index contributed by atoms with van der Waals surface area (Å²) in [4.78, 5) is 12.7. The van der Waals surface area contributed by atoms with Crippen molar-refractivity contribution >= 4 is 51.3 Å². The van der Waals surface area contributed by atoms with Gasteiger partial charge in [0.2, 0.25) is 0 Å². The van der Waals surface area contributed by atoms with Crippen molar-refractivity contribution in [1.29, 1.82) is 0 Å². The van der Waals surface area contributed by atoms with Crippen LogP contribution in [0.15, 0.2) is 84.9 Å². The smallest absolute Gasteiger partial charge is 0.418 e. The Hall–Kier alpha value is -4.24. The van der Waals surface area contributed by atoms with Crippen LogP contribution in [0, 0.1) is 13.8 Å². The first-order valence-corrected chi connectivity index (χ1v) is 14.4. The molecule has 2 atom stereocenters. The van der Waals surface area contributed by atoms with Crippen LogP contribution < -0.4 is 13.3 Å². The largest absolute Gasteiger partial charge is 0.755 e. The molecule has 0 saturated carbocycles. The minimum absolute atomic E-state index is 0.00898. The maximum Gasteiger partial charge on any atom is 0.418 e. The Morgan fingerprint density at radius 3 is 1.60 bits per heavy atom. The molecule has 4 aromatic rings. The highest BCUT2D eigenvalue weighted by atomic mass is 32.2. The zero-order valence-electron chi connectivity index (χ0n) is 22.8. The third-order valence-corrected chi connectivity index (χ3v) is 7.57. The molecule has 4 rings (SSSR count). The van der Waals surface area contributed by atoms with Gasteiger partial charge in [0.1, 0.15) is 11.5 Å². The summed E-state index contributed by atoms with van der Waals surface area (Å²) in [6.07, 6.45) is -4.98. The van der Waals surface area contributed by atoms with E-state index in [9.17, 15) is 35.5 Å². The third kappa shape index (κ3) is 7.22. The number of aryl methyl sites for hydroxylation is 2. The van der Waals surface area contributed by atoms with Crippen molar-refractivity contribution in [1.82, 2.24) is 0 Å². The number of benzene rings is 4. The zero-order chi connectivity index (χ0) is 31.5. The van der Waals surface area contributed by atoms with E-state index in [1.807, 2.05) is 6.92 Å². The first kappa shape index (κ1) is 31.7. The van der Waals surface area contributed by atoms with E-state index in [1.54, 1.807) is 31.2 Å². The molecule has 0 saturated heterocycles. The highest BCUT2D eigenvalue weighted by molar-refractivity contribution is 7.81. The van der Waals surface area contributed by atoms with Gasteiger partial charge in [-0.15, -0.1) is 0 Å². The van der Waals surface area contributed by atoms with Gasteiger partial charge in [-0.3, -0.25) is 17.0 Å². The van der Waals surface area contributed by atoms with Crippen molar-refractivity contribution in [3.8, 4) is 11.5 Å². The summed E-state index contributed by atoms with van der Waals surface area (Å²) in [6.45, 7) is 3.55. The monoisotopic (exact) mass is 632 g/mol. The lowest BCUT2D eigenvalue weighted by Gasteiger charge is -2.29. The first-order valence-electron chi connectivity index (χ1n) is 12.3. The molecule has 0 aromatic heterocycles. The predicted molar refractivity (Wildman–Crippen MR) is 154 cm³/mol. The minimum atomic E-state index is -4.98. The van der Waals surface area contributed by atoms with E-state index >= 15 is 0 Å². The zero-order valence-corrected chi connectivity index (χ0v) is 24.4. The summed E-state index contributed by atoms with van der Waals surface area (Å²) in [5, 5.41) is 0. The van der Waals surface area contributed by atoms with E-state index in [-0.39, 0.29) is 34.1 Å². The van der Waals surface area contributed by atoms with E-state index < -0.39 is 45.9 Å². The number of rotatable bonds is 9. The Kier molecular flexibility index (Phi) is 9.55. The molecule has 0 aliphatic carbocycles. The molecule has 0 aliphatic rings. The van der Waals surface area contributed by atoms with Gasteiger partial charge in [0, 0.05) is 0 Å². The quantitative estimate of drug-likeness (QED) is 0.148. The molecular formula is C29H23F3N2O7S2-2. The fourth-order valence-electron chi connectivity index (χ4n) is 4.12. The summed E-state index contributed by atoms with van der Waals surface area (Å²) in [5.41, 5.74) is -0.436. The average Bonchev–Trinajstić information content (AvgIpc) is 2.95. The second-order valence-electron chi connectivity index (χ2n) is 9.14. The Balaban J connectivity index is 1.76. The number of carbonyl (C=O) groups is 1. The van der Waals surface area contributed by atoms with Crippen LogP contribution in [0.1, 0.15) is 27.0 Å². The van der Waals surface area contributed by atoms with Gasteiger partial charge in [-0.25, -0.2) is 4.79 Å². The molecule has 0 fully saturated rings. The highest BCUT2D eigenvalue weighted by Crippen LogP contribution is 2.43. The Bertz CT molecular complexity index is 1680. The van der Waals surface area contributed by atoms with Crippen LogP contribution in [0.5, 0.6) is 11.5 Å². The van der Waals surface area contributed by atoms with E-state index in [1.165, 1.54) is 36.4 Å². The molecule has 0 amide bonds. The lowest BCUT2D eigenvalue weighted by atomic mass is 10.1. The molecule has 2 unspecified atom stereocenters. The van der Waals surface area contributed by atoms with E-state index in [0.29, 0.717) is 10.4 Å². The molecule has 4 aromatic carbocycles. The van der Waals surface area contributed by atoms with Crippen molar-refractivity contribution in [2.24, 2.45) is 0 Å². The van der Waals surface area contributed by atoms with Gasteiger partial charge in [0.05, 0.1) is 63.5 Å². The number of methoxy groups -OCH3 is 1. The van der Waals surface area contributed by atoms with Gasteiger partial charge >= 0.3 is 12.1 Å². The van der Waals surface area contributed by atoms with E-state index in [2.05, 4.69) is 0 Å². The number of hydrogen-bond donors (Lipinski definition) is 0. The number of carbonyl (C=O) groups excluding carboxylic acids is 1. The lowest BCUT2D eigenvalue weighted by Crippen LogP contribution is -2.23. The lowest BCUT2D eigenvalue weighted by molar-refractivity contribution is -0.137. The van der Waals surface area contributed by atoms with Crippen LogP contribution in [-0.2, 0) is 33.4 Å². The highest BCUT2D eigenvalue weighted by Gasteiger charge is 2.36. The molecule has 9 nitrogen and oxygen atoms in total. The first-order chi connectivity index (χ1) is 20.3. The Morgan fingerprint density at radius 2 is 1.16 bits per heavy atom. The number of nitrogens with zero attached hydrogens (tertiary/aromatic N) is 2. The summed E-state index contributed by atoms with van der Waals surface area (Å²) in [5.74, 6) is -1.38. The van der Waals surface area contributed by atoms with Crippen molar-refractivity contribution in [2.75, 3.05) is 15.7 Å². The van der Waals surface area contributed by atoms with Gasteiger partial charge in [0.15, 0.2) is 0 Å². The molecule has 0 aliphatic heterocycles. The van der Waals surface area contributed by atoms with Crippen LogP contribution >= 0.6 is 0 Å². The van der Waals surface area contributed by atoms with E-state index in [0.717, 1.165) is 40.7 Å². The second kappa shape index (κ2) is 13.0. The van der Waals surface area contributed by atoms with Gasteiger partial charge in [0.25, 0.3) is 0 Å². The molecule has 0 heterocycles. The predicted octanol–water partition coefficient (Wildman–Crippen LogP) is 6.77. The van der Waals surface area contributed by atoms with Crippen LogP contribution in [0.4, 0.5) is 35.9 Å². The summed E-state index contributed by atoms with van der Waals surface area (Å²) in [6, 6.07) is 18.6. The molecule has 0 bridgehead atoms. The minimum Gasteiger partial charge on any atom is -0.755 e. The summed E-state index contributed by atoms with van der Waals surface area (Å²) >= 11 is -5.98. The molecule has 43 heavy (non-hydrogen) atoms. The van der Waals surface area contributed by atoms with Gasteiger partial charge in [-0.2, -0.15) is 13.2 Å². The molecule has 0 spiro atoms. The standard InChI is InChI=1S/C29H25F3N2O7S2/c1-18-4-8-20(9-5-18)33(42(36)37)26-14-12-22(16-24(26)28(35)40-3)41-23-13-15-27(25(17-23)29(30,31)32)34(43(38)39)21-10-6-19(2)7-11-21/h4-17H,1-3H3,(H,36,37)(H,38,39)/p-2. The second-order valence-corrected chi connectivity index (χ2v) is 10.7. The number of ether oxygens (including phenoxy) is 2. The average molecular weight is 633 g/mol. The van der Waals surface area contributed by atoms with Crippen molar-refractivity contribution in [3.05, 3.63) is 107 Å². The molecular weight excluding hydrogens is 609 g/mol. The fourth-order valence-corrected chi connectivity index (χ4v) is 5.35. The fraction of sp³-hybridized carbons (Fsp3) is 0.138. The molecule has 0 radical (unpaired) electrons. The van der Waals surface area contributed by atoms with Crippen LogP contribution in [0.2, 0.25) is 0 Å². The molecule has 226 valence electrons. The third-order valence-electron chi connectivity index (χ3n) is 6.16. The Morgan fingerprint density at radius 1 is 0.721 bits per heavy atom. The van der Waals surface area contributed by atoms with Crippen LogP contribution in [0.3, 0.4) is 0 Å². The van der Waals surface area contributed by atoms with Crippen LogP contribution in [0.25, 0.3) is 0 Å². The maximum atomic E-state index is 14.2. The topological polar surface area (TPSA) is 122 Å². The summed E-state index contributed by atoms with van der Waals surface area (Å²) in [7, 11) is 1.08. The van der Waals surface area contributed by atoms with Crippen LogP contribution in [-0.4, -0.2) is 30.6 Å². The number of hydrogen-bond acceptors (Lipinski definition) is 7. The van der Waals surface area contributed by atoms with E-state index in [4.69, 9.17) is 9.47 Å². The van der Waals surface area contributed by atoms with Crippen molar-refractivity contribution < 1.29 is 45.0 Å². The number of alkyl halides is 3. The maximum absolute atomic E-state index is 14.2. The SMILES string of the molecule is COC(=O)c1cc(Oc2ccc(N(c3ccc(C)cc3)S(=O)[O-])c(C(F)(F)F)c2)ccc1N(c1ccc(C)cc1)S(=O)[O-]. The molecule has 0 N–H and O–H groups in total. The normalized spacial score (nSPS) is 12.7. The van der Waals surface area contributed by atoms with Gasteiger partial charge in [-0.1, -0.05) is 35.4 Å².